The van der Waals surface area contributed by atoms with Gasteiger partial charge in [0.25, 0.3) is 5.72 Å². The van der Waals surface area contributed by atoms with Gasteiger partial charge in [0, 0.05) is 0 Å². The highest BCUT2D eigenvalue weighted by Crippen LogP contribution is 2.44. The number of hydrogen-bond acceptors (Lipinski definition) is 6. The van der Waals surface area contributed by atoms with Crippen molar-refractivity contribution in [3.63, 3.8) is 0 Å². The molecule has 150 valence electrons. The Kier molecular flexibility index (Phi) is 5.73. The lowest BCUT2D eigenvalue weighted by Crippen LogP contribution is -2.73. The summed E-state index contributed by atoms with van der Waals surface area (Å²) in [6.45, 7) is 1.20. The first-order valence-electron chi connectivity index (χ1n) is 7.85. The van der Waals surface area contributed by atoms with Crippen molar-refractivity contribution in [1.29, 1.82) is 0 Å². The highest BCUT2D eigenvalue weighted by atomic mass is 19.4. The minimum atomic E-state index is -5.34. The number of nitrogens with one attached hydrogen (secondary N) is 2. The van der Waals surface area contributed by atoms with Crippen molar-refractivity contribution >= 4 is 12.0 Å². The number of aliphatic hydroxyl groups is 1. The van der Waals surface area contributed by atoms with Crippen LogP contribution in [0.1, 0.15) is 18.5 Å². The van der Waals surface area contributed by atoms with Crippen LogP contribution in [0.3, 0.4) is 0 Å². The molecule has 1 aromatic carbocycles. The van der Waals surface area contributed by atoms with Gasteiger partial charge in [-0.1, -0.05) is 6.07 Å². The molecule has 11 heteroatoms. The highest BCUT2D eigenvalue weighted by molar-refractivity contribution is 5.83. The Balaban J connectivity index is 2.60. The topological polar surface area (TPSA) is 106 Å². The minimum absolute atomic E-state index is 0.0863. The molecular formula is C16H19F3N2O6. The van der Waals surface area contributed by atoms with Crippen molar-refractivity contribution < 1.29 is 42.1 Å². The SMILES string of the molecule is CCOC(=O)[C@H]1[C@@H](c2ccc(OC)c(OC)c2)NC(=O)N[C@@]1(O)C(F)(F)F. The molecule has 0 bridgehead atoms. The zero-order valence-electron chi connectivity index (χ0n) is 14.7. The summed E-state index contributed by atoms with van der Waals surface area (Å²) in [5.41, 5.74) is -3.73. The zero-order chi connectivity index (χ0) is 20.4. The molecule has 2 amide bonds. The van der Waals surface area contributed by atoms with E-state index in [-0.39, 0.29) is 17.9 Å². The molecule has 1 aromatic rings. The van der Waals surface area contributed by atoms with E-state index in [2.05, 4.69) is 5.32 Å². The van der Waals surface area contributed by atoms with E-state index in [4.69, 9.17) is 14.2 Å². The Morgan fingerprint density at radius 2 is 1.89 bits per heavy atom. The first-order valence-corrected chi connectivity index (χ1v) is 7.85. The molecule has 3 N–H and O–H groups in total. The van der Waals surface area contributed by atoms with Crippen molar-refractivity contribution in [2.45, 2.75) is 24.9 Å². The molecule has 0 unspecified atom stereocenters. The summed E-state index contributed by atoms with van der Waals surface area (Å²) in [6.07, 6.45) is -5.34. The number of carbonyl (C=O) groups is 2. The fraction of sp³-hybridized carbons (Fsp3) is 0.500. The minimum Gasteiger partial charge on any atom is -0.493 e. The lowest BCUT2D eigenvalue weighted by atomic mass is 9.82. The van der Waals surface area contributed by atoms with Crippen LogP contribution in [0.25, 0.3) is 0 Å². The van der Waals surface area contributed by atoms with Crippen LogP contribution in [0.15, 0.2) is 18.2 Å². The maximum Gasteiger partial charge on any atom is 0.437 e. The second-order valence-corrected chi connectivity index (χ2v) is 5.68. The van der Waals surface area contributed by atoms with Crippen LogP contribution in [0, 0.1) is 5.92 Å². The predicted molar refractivity (Wildman–Crippen MR) is 85.1 cm³/mol. The number of halogens is 3. The third-order valence-corrected chi connectivity index (χ3v) is 4.11. The molecule has 1 saturated heterocycles. The van der Waals surface area contributed by atoms with E-state index in [1.807, 2.05) is 0 Å². The van der Waals surface area contributed by atoms with Gasteiger partial charge in [-0.3, -0.25) is 4.79 Å². The van der Waals surface area contributed by atoms with Crippen LogP contribution in [0.2, 0.25) is 0 Å². The smallest absolute Gasteiger partial charge is 0.437 e. The Bertz CT molecular complexity index is 727. The standard InChI is InChI=1S/C16H19F3N2O6/c1-4-27-13(22)11-12(8-5-6-9(25-2)10(7-8)26-3)20-14(23)21-15(11,24)16(17,18)19/h5-7,11-12,24H,4H2,1-3H3,(H2,20,21,23)/t11-,12-,15+/m1/s1. The molecule has 0 aromatic heterocycles. The van der Waals surface area contributed by atoms with Crippen LogP contribution in [-0.4, -0.2) is 49.8 Å². The first kappa shape index (κ1) is 20.6. The number of ether oxygens (including phenoxy) is 3. The van der Waals surface area contributed by atoms with Crippen molar-refractivity contribution in [1.82, 2.24) is 10.6 Å². The van der Waals surface area contributed by atoms with Gasteiger partial charge in [-0.05, 0) is 24.6 Å². The number of methoxy groups -OCH3 is 2. The fourth-order valence-electron chi connectivity index (χ4n) is 2.86. The molecule has 0 saturated carbocycles. The quantitative estimate of drug-likeness (QED) is 0.656. The highest BCUT2D eigenvalue weighted by Gasteiger charge is 2.67. The predicted octanol–water partition coefficient (Wildman–Crippen LogP) is 1.49. The van der Waals surface area contributed by atoms with Crippen molar-refractivity contribution in [2.24, 2.45) is 5.92 Å². The molecule has 1 heterocycles. The van der Waals surface area contributed by atoms with Crippen molar-refractivity contribution in [3.05, 3.63) is 23.8 Å². The number of benzene rings is 1. The van der Waals surface area contributed by atoms with Gasteiger partial charge in [0.2, 0.25) is 0 Å². The van der Waals surface area contributed by atoms with Crippen LogP contribution in [0.5, 0.6) is 11.5 Å². The van der Waals surface area contributed by atoms with Crippen molar-refractivity contribution in [2.75, 3.05) is 20.8 Å². The third-order valence-electron chi connectivity index (χ3n) is 4.11. The fourth-order valence-corrected chi connectivity index (χ4v) is 2.86. The van der Waals surface area contributed by atoms with E-state index in [9.17, 15) is 27.9 Å². The Morgan fingerprint density at radius 3 is 2.41 bits per heavy atom. The van der Waals surface area contributed by atoms with Gasteiger partial charge in [0.05, 0.1) is 26.9 Å². The van der Waals surface area contributed by atoms with E-state index in [0.29, 0.717) is 5.75 Å². The lowest BCUT2D eigenvalue weighted by molar-refractivity contribution is -0.294. The van der Waals surface area contributed by atoms with Gasteiger partial charge in [0.1, 0.15) is 5.92 Å². The summed E-state index contributed by atoms with van der Waals surface area (Å²) in [4.78, 5) is 24.1. The largest absolute Gasteiger partial charge is 0.493 e. The number of urea groups is 1. The molecule has 1 fully saturated rings. The normalized spacial score (nSPS) is 25.2. The zero-order valence-corrected chi connectivity index (χ0v) is 14.7. The Morgan fingerprint density at radius 1 is 1.26 bits per heavy atom. The summed E-state index contributed by atoms with van der Waals surface area (Å²) in [5, 5.41) is 13.9. The second-order valence-electron chi connectivity index (χ2n) is 5.68. The average Bonchev–Trinajstić information content (AvgIpc) is 2.59. The molecule has 0 aliphatic carbocycles. The van der Waals surface area contributed by atoms with Crippen LogP contribution >= 0.6 is 0 Å². The third kappa shape index (κ3) is 3.72. The van der Waals surface area contributed by atoms with Gasteiger partial charge >= 0.3 is 18.2 Å². The van der Waals surface area contributed by atoms with Gasteiger partial charge in [-0.2, -0.15) is 13.2 Å². The van der Waals surface area contributed by atoms with Gasteiger partial charge in [0.15, 0.2) is 11.5 Å². The van der Waals surface area contributed by atoms with E-state index in [1.165, 1.54) is 44.7 Å². The average molecular weight is 392 g/mol. The number of hydrogen-bond donors (Lipinski definition) is 3. The van der Waals surface area contributed by atoms with Gasteiger partial charge < -0.3 is 30.0 Å². The number of rotatable bonds is 5. The lowest BCUT2D eigenvalue weighted by Gasteiger charge is -2.44. The van der Waals surface area contributed by atoms with E-state index >= 15 is 0 Å². The molecule has 2 rings (SSSR count). The maximum atomic E-state index is 13.6. The van der Waals surface area contributed by atoms with Crippen LogP contribution in [-0.2, 0) is 9.53 Å². The van der Waals surface area contributed by atoms with Gasteiger partial charge in [-0.15, -0.1) is 0 Å². The van der Waals surface area contributed by atoms with E-state index < -0.39 is 35.9 Å². The summed E-state index contributed by atoms with van der Waals surface area (Å²) >= 11 is 0. The van der Waals surface area contributed by atoms with E-state index in [1.54, 1.807) is 0 Å². The van der Waals surface area contributed by atoms with Crippen LogP contribution in [0.4, 0.5) is 18.0 Å². The number of carbonyl (C=O) groups excluding carboxylic acids is 2. The molecule has 27 heavy (non-hydrogen) atoms. The molecule has 1 aliphatic heterocycles. The number of amides is 2. The molecule has 1 aliphatic rings. The Labute approximate surface area is 152 Å². The number of esters is 1. The maximum absolute atomic E-state index is 13.6. The summed E-state index contributed by atoms with van der Waals surface area (Å²) < 4.78 is 55.6. The monoisotopic (exact) mass is 392 g/mol. The van der Waals surface area contributed by atoms with Crippen molar-refractivity contribution in [3.8, 4) is 11.5 Å². The first-order chi connectivity index (χ1) is 12.6. The number of alkyl halides is 3. The Hall–Kier alpha value is -2.69. The molecule has 0 spiro atoms. The molecule has 0 radical (unpaired) electrons. The van der Waals surface area contributed by atoms with Gasteiger partial charge in [-0.25, -0.2) is 4.79 Å². The summed E-state index contributed by atoms with van der Waals surface area (Å²) in [6, 6.07) is 1.22. The molecule has 3 atom stereocenters. The van der Waals surface area contributed by atoms with E-state index in [0.717, 1.165) is 0 Å². The molecule has 8 nitrogen and oxygen atoms in total. The molecular weight excluding hydrogens is 373 g/mol. The van der Waals surface area contributed by atoms with Crippen LogP contribution < -0.4 is 20.1 Å². The summed E-state index contributed by atoms with van der Waals surface area (Å²) in [7, 11) is 2.69. The summed E-state index contributed by atoms with van der Waals surface area (Å²) in [5.74, 6) is -3.07. The second kappa shape index (κ2) is 7.51.